The van der Waals surface area contributed by atoms with E-state index in [0.29, 0.717) is 0 Å². The van der Waals surface area contributed by atoms with Crippen LogP contribution in [0.5, 0.6) is 0 Å². The van der Waals surface area contributed by atoms with E-state index in [-0.39, 0.29) is 5.54 Å². The molecule has 1 aliphatic rings. The van der Waals surface area contributed by atoms with Gasteiger partial charge in [0.05, 0.1) is 11.2 Å². The molecule has 1 heterocycles. The Kier molecular flexibility index (Phi) is 3.88. The van der Waals surface area contributed by atoms with Gasteiger partial charge < -0.3 is 5.32 Å². The van der Waals surface area contributed by atoms with Gasteiger partial charge in [-0.2, -0.15) is 0 Å². The number of nitrogens with zero attached hydrogens (tertiary/aromatic N) is 1. The standard InChI is InChI=1S/C14H24N2S/c1-5-12-8-7-9-14(12,15-6-2)13-16-10(3)11(4)17-13/h12,15H,5-9H2,1-4H3. The fourth-order valence-corrected chi connectivity index (χ4v) is 4.39. The molecule has 96 valence electrons. The van der Waals surface area contributed by atoms with Gasteiger partial charge in [0.15, 0.2) is 0 Å². The van der Waals surface area contributed by atoms with E-state index in [1.807, 2.05) is 11.3 Å². The highest BCUT2D eigenvalue weighted by Crippen LogP contribution is 2.46. The Morgan fingerprint density at radius 2 is 2.18 bits per heavy atom. The molecule has 0 amide bonds. The van der Waals surface area contributed by atoms with Gasteiger partial charge >= 0.3 is 0 Å². The van der Waals surface area contributed by atoms with Crippen molar-refractivity contribution in [3.8, 4) is 0 Å². The fourth-order valence-electron chi connectivity index (χ4n) is 3.20. The van der Waals surface area contributed by atoms with Crippen molar-refractivity contribution in [2.24, 2.45) is 5.92 Å². The molecular weight excluding hydrogens is 228 g/mol. The van der Waals surface area contributed by atoms with Gasteiger partial charge in [-0.15, -0.1) is 11.3 Å². The Balaban J connectivity index is 2.39. The summed E-state index contributed by atoms with van der Waals surface area (Å²) in [5, 5.41) is 5.10. The third-order valence-electron chi connectivity index (χ3n) is 4.22. The van der Waals surface area contributed by atoms with Crippen molar-refractivity contribution in [2.45, 2.75) is 58.9 Å². The summed E-state index contributed by atoms with van der Waals surface area (Å²) in [4.78, 5) is 6.21. The second-order valence-electron chi connectivity index (χ2n) is 5.16. The Bertz CT molecular complexity index is 366. The smallest absolute Gasteiger partial charge is 0.114 e. The number of nitrogens with one attached hydrogen (secondary N) is 1. The maximum absolute atomic E-state index is 4.84. The average Bonchev–Trinajstić information content (AvgIpc) is 2.85. The molecule has 1 fully saturated rings. The van der Waals surface area contributed by atoms with Crippen molar-refractivity contribution < 1.29 is 0 Å². The van der Waals surface area contributed by atoms with Crippen LogP contribution in [0.4, 0.5) is 0 Å². The Morgan fingerprint density at radius 3 is 2.71 bits per heavy atom. The monoisotopic (exact) mass is 252 g/mol. The Hall–Kier alpha value is -0.410. The lowest BCUT2D eigenvalue weighted by Crippen LogP contribution is -2.45. The van der Waals surface area contributed by atoms with Crippen molar-refractivity contribution >= 4 is 11.3 Å². The summed E-state index contributed by atoms with van der Waals surface area (Å²) < 4.78 is 0. The number of rotatable bonds is 4. The first kappa shape index (κ1) is 13.0. The molecule has 17 heavy (non-hydrogen) atoms. The van der Waals surface area contributed by atoms with Crippen LogP contribution in [0, 0.1) is 19.8 Å². The number of hydrogen-bond acceptors (Lipinski definition) is 3. The molecule has 1 aromatic heterocycles. The van der Waals surface area contributed by atoms with Crippen LogP contribution in [-0.2, 0) is 5.54 Å². The van der Waals surface area contributed by atoms with Gasteiger partial charge in [0.25, 0.3) is 0 Å². The first-order chi connectivity index (χ1) is 8.14. The first-order valence-corrected chi connectivity index (χ1v) is 7.65. The molecule has 1 aliphatic carbocycles. The van der Waals surface area contributed by atoms with Gasteiger partial charge in [0, 0.05) is 4.88 Å². The van der Waals surface area contributed by atoms with Gasteiger partial charge in [-0.3, -0.25) is 0 Å². The largest absolute Gasteiger partial charge is 0.305 e. The maximum atomic E-state index is 4.84. The Morgan fingerprint density at radius 1 is 1.41 bits per heavy atom. The summed E-state index contributed by atoms with van der Waals surface area (Å²) in [6, 6.07) is 0. The lowest BCUT2D eigenvalue weighted by atomic mass is 9.85. The van der Waals surface area contributed by atoms with Gasteiger partial charge in [-0.1, -0.05) is 26.7 Å². The quantitative estimate of drug-likeness (QED) is 0.882. The molecule has 2 unspecified atom stereocenters. The van der Waals surface area contributed by atoms with Crippen molar-refractivity contribution in [3.05, 3.63) is 15.6 Å². The normalized spacial score (nSPS) is 28.8. The van der Waals surface area contributed by atoms with E-state index in [0.717, 1.165) is 12.5 Å². The van der Waals surface area contributed by atoms with Gasteiger partial charge in [-0.25, -0.2) is 4.98 Å². The van der Waals surface area contributed by atoms with Crippen LogP contribution in [0.2, 0.25) is 0 Å². The topological polar surface area (TPSA) is 24.9 Å². The van der Waals surface area contributed by atoms with Crippen LogP contribution in [0.3, 0.4) is 0 Å². The highest BCUT2D eigenvalue weighted by molar-refractivity contribution is 7.11. The number of aromatic nitrogens is 1. The van der Waals surface area contributed by atoms with Crippen LogP contribution < -0.4 is 5.32 Å². The highest BCUT2D eigenvalue weighted by atomic mass is 32.1. The lowest BCUT2D eigenvalue weighted by molar-refractivity contribution is 0.244. The molecule has 0 saturated heterocycles. The minimum absolute atomic E-state index is 0.174. The summed E-state index contributed by atoms with van der Waals surface area (Å²) in [5.41, 5.74) is 1.39. The van der Waals surface area contributed by atoms with Crippen LogP contribution in [-0.4, -0.2) is 11.5 Å². The highest BCUT2D eigenvalue weighted by Gasteiger charge is 2.44. The molecule has 0 aliphatic heterocycles. The predicted molar refractivity (Wildman–Crippen MR) is 74.6 cm³/mol. The average molecular weight is 252 g/mol. The first-order valence-electron chi connectivity index (χ1n) is 6.83. The zero-order valence-electron chi connectivity index (χ0n) is 11.5. The van der Waals surface area contributed by atoms with Gasteiger partial charge in [-0.05, 0) is 39.2 Å². The zero-order chi connectivity index (χ0) is 12.5. The molecule has 1 aromatic rings. The molecule has 2 atom stereocenters. The summed E-state index contributed by atoms with van der Waals surface area (Å²) >= 11 is 1.90. The number of thiazole rings is 1. The minimum Gasteiger partial charge on any atom is -0.305 e. The van der Waals surface area contributed by atoms with E-state index >= 15 is 0 Å². The van der Waals surface area contributed by atoms with E-state index in [1.54, 1.807) is 0 Å². The van der Waals surface area contributed by atoms with Crippen molar-refractivity contribution in [2.75, 3.05) is 6.54 Å². The maximum Gasteiger partial charge on any atom is 0.114 e. The van der Waals surface area contributed by atoms with E-state index in [4.69, 9.17) is 4.98 Å². The van der Waals surface area contributed by atoms with Crippen molar-refractivity contribution in [1.82, 2.24) is 10.3 Å². The third kappa shape index (κ3) is 2.15. The SMILES string of the molecule is CCNC1(c2nc(C)c(C)s2)CCCC1CC. The minimum atomic E-state index is 0.174. The van der Waals surface area contributed by atoms with Crippen LogP contribution in [0.15, 0.2) is 0 Å². The second kappa shape index (κ2) is 5.07. The van der Waals surface area contributed by atoms with E-state index in [1.165, 1.54) is 41.3 Å². The Labute approximate surface area is 109 Å². The lowest BCUT2D eigenvalue weighted by Gasteiger charge is -2.34. The summed E-state index contributed by atoms with van der Waals surface area (Å²) in [6.07, 6.45) is 5.20. The van der Waals surface area contributed by atoms with Crippen molar-refractivity contribution in [3.63, 3.8) is 0 Å². The summed E-state index contributed by atoms with van der Waals surface area (Å²) in [6.45, 7) is 9.88. The molecular formula is C14H24N2S. The molecule has 0 bridgehead atoms. The molecule has 0 radical (unpaired) electrons. The van der Waals surface area contributed by atoms with Crippen molar-refractivity contribution in [1.29, 1.82) is 0 Å². The number of aryl methyl sites for hydroxylation is 2. The summed E-state index contributed by atoms with van der Waals surface area (Å²) in [5.74, 6) is 0.757. The summed E-state index contributed by atoms with van der Waals surface area (Å²) in [7, 11) is 0. The third-order valence-corrected chi connectivity index (χ3v) is 5.47. The van der Waals surface area contributed by atoms with Crippen LogP contribution in [0.1, 0.15) is 55.1 Å². The second-order valence-corrected chi connectivity index (χ2v) is 6.36. The molecule has 0 aromatic carbocycles. The van der Waals surface area contributed by atoms with Crippen LogP contribution >= 0.6 is 11.3 Å². The molecule has 0 spiro atoms. The number of hydrogen-bond donors (Lipinski definition) is 1. The van der Waals surface area contributed by atoms with Gasteiger partial charge in [0.2, 0.25) is 0 Å². The van der Waals surface area contributed by atoms with E-state index in [2.05, 4.69) is 33.0 Å². The molecule has 3 heteroatoms. The van der Waals surface area contributed by atoms with Gasteiger partial charge in [0.1, 0.15) is 5.01 Å². The molecule has 1 saturated carbocycles. The molecule has 2 nitrogen and oxygen atoms in total. The molecule has 1 N–H and O–H groups in total. The van der Waals surface area contributed by atoms with E-state index < -0.39 is 0 Å². The van der Waals surface area contributed by atoms with Crippen LogP contribution in [0.25, 0.3) is 0 Å². The predicted octanol–water partition coefficient (Wildman–Crippen LogP) is 3.77. The fraction of sp³-hybridized carbons (Fsp3) is 0.786. The molecule has 2 rings (SSSR count). The zero-order valence-corrected chi connectivity index (χ0v) is 12.3. The van der Waals surface area contributed by atoms with E-state index in [9.17, 15) is 0 Å².